The number of aromatic nitrogens is 2. The van der Waals surface area contributed by atoms with Crippen molar-refractivity contribution in [3.05, 3.63) is 117 Å². The molecule has 0 fully saturated rings. The van der Waals surface area contributed by atoms with E-state index in [0.29, 0.717) is 43.1 Å². The van der Waals surface area contributed by atoms with Crippen molar-refractivity contribution in [1.82, 2.24) is 14.7 Å². The first kappa shape index (κ1) is 31.3. The largest absolute Gasteiger partial charge is 0.504 e. The van der Waals surface area contributed by atoms with Crippen LogP contribution in [0.25, 0.3) is 5.65 Å². The first-order valence-electron chi connectivity index (χ1n) is 15.3. The van der Waals surface area contributed by atoms with Crippen molar-refractivity contribution in [3.63, 3.8) is 0 Å². The van der Waals surface area contributed by atoms with Crippen molar-refractivity contribution < 1.29 is 34.3 Å². The van der Waals surface area contributed by atoms with Gasteiger partial charge in [0.15, 0.2) is 23.0 Å². The number of hydrogen-bond acceptors (Lipinski definition) is 9. The molecular formula is C36H35N3O8. The maximum atomic E-state index is 13.7. The molecule has 11 heteroatoms. The second kappa shape index (κ2) is 13.7. The first-order chi connectivity index (χ1) is 22.8. The van der Waals surface area contributed by atoms with Crippen molar-refractivity contribution in [1.29, 1.82) is 0 Å². The molecule has 1 aliphatic rings. The number of phenolic OH excluding ortho intramolecular Hbond substituents is 2. The normalized spacial score (nSPS) is 12.7. The number of carbonyl (C=O) groups excluding carboxylic acids is 1. The molecule has 0 spiro atoms. The molecule has 5 aromatic rings. The molecule has 2 aromatic heterocycles. The van der Waals surface area contributed by atoms with Crippen LogP contribution in [0.5, 0.6) is 34.6 Å². The Bertz CT molecular complexity index is 1990. The summed E-state index contributed by atoms with van der Waals surface area (Å²) in [7, 11) is 1.51. The monoisotopic (exact) mass is 637 g/mol. The van der Waals surface area contributed by atoms with Gasteiger partial charge in [-0.1, -0.05) is 30.3 Å². The second-order valence-electron chi connectivity index (χ2n) is 11.3. The SMILES string of the molecule is COc1cc([C@H](CC(=O)NCCc2ccc(O)c(O)c2)c2c(O)nc3ccccn3c2=O)ccc1OCCc1ccc2c(c1)CCO2. The van der Waals surface area contributed by atoms with Gasteiger partial charge >= 0.3 is 0 Å². The van der Waals surface area contributed by atoms with E-state index in [1.54, 1.807) is 48.7 Å². The number of phenols is 2. The Morgan fingerprint density at radius 3 is 2.64 bits per heavy atom. The van der Waals surface area contributed by atoms with E-state index in [9.17, 15) is 24.9 Å². The summed E-state index contributed by atoms with van der Waals surface area (Å²) >= 11 is 0. The fourth-order valence-electron chi connectivity index (χ4n) is 5.81. The van der Waals surface area contributed by atoms with Gasteiger partial charge < -0.3 is 34.8 Å². The van der Waals surface area contributed by atoms with Crippen LogP contribution in [0.15, 0.2) is 83.8 Å². The second-order valence-corrected chi connectivity index (χ2v) is 11.3. The topological polar surface area (TPSA) is 152 Å². The van der Waals surface area contributed by atoms with Gasteiger partial charge in [-0.15, -0.1) is 0 Å². The Balaban J connectivity index is 1.23. The molecule has 1 atom stereocenters. The molecule has 1 amide bonds. The van der Waals surface area contributed by atoms with Crippen LogP contribution in [0.2, 0.25) is 0 Å². The summed E-state index contributed by atoms with van der Waals surface area (Å²) < 4.78 is 18.7. The minimum absolute atomic E-state index is 0.0244. The summed E-state index contributed by atoms with van der Waals surface area (Å²) in [5.74, 6) is -0.326. The highest BCUT2D eigenvalue weighted by Crippen LogP contribution is 2.37. The number of ether oxygens (including phenoxy) is 3. The number of nitrogens with one attached hydrogen (secondary N) is 1. The predicted octanol–water partition coefficient (Wildman–Crippen LogP) is 4.26. The number of nitrogens with zero attached hydrogens (tertiary/aromatic N) is 2. The van der Waals surface area contributed by atoms with Gasteiger partial charge in [0.05, 0.1) is 25.9 Å². The molecule has 47 heavy (non-hydrogen) atoms. The van der Waals surface area contributed by atoms with E-state index < -0.39 is 17.4 Å². The zero-order chi connectivity index (χ0) is 32.9. The Morgan fingerprint density at radius 2 is 1.81 bits per heavy atom. The highest BCUT2D eigenvalue weighted by atomic mass is 16.5. The lowest BCUT2D eigenvalue weighted by molar-refractivity contribution is -0.121. The molecule has 0 saturated carbocycles. The van der Waals surface area contributed by atoms with Crippen molar-refractivity contribution in [2.24, 2.45) is 0 Å². The van der Waals surface area contributed by atoms with Crippen LogP contribution in [0.1, 0.15) is 40.2 Å². The van der Waals surface area contributed by atoms with Crippen LogP contribution >= 0.6 is 0 Å². The van der Waals surface area contributed by atoms with Gasteiger partial charge in [0.1, 0.15) is 11.4 Å². The maximum Gasteiger partial charge on any atom is 0.265 e. The zero-order valence-electron chi connectivity index (χ0n) is 25.8. The van der Waals surface area contributed by atoms with E-state index in [-0.39, 0.29) is 41.6 Å². The van der Waals surface area contributed by atoms with E-state index in [4.69, 9.17) is 14.2 Å². The molecule has 0 radical (unpaired) electrons. The molecule has 1 aliphatic heterocycles. The summed E-state index contributed by atoms with van der Waals surface area (Å²) in [6.07, 6.45) is 3.36. The lowest BCUT2D eigenvalue weighted by Gasteiger charge is -2.20. The van der Waals surface area contributed by atoms with Gasteiger partial charge in [-0.2, -0.15) is 4.98 Å². The molecule has 0 unspecified atom stereocenters. The van der Waals surface area contributed by atoms with Crippen molar-refractivity contribution in [3.8, 4) is 34.6 Å². The number of aromatic hydroxyl groups is 3. The first-order valence-corrected chi connectivity index (χ1v) is 15.3. The van der Waals surface area contributed by atoms with E-state index in [1.165, 1.54) is 29.2 Å². The summed E-state index contributed by atoms with van der Waals surface area (Å²) in [6.45, 7) is 1.34. The number of pyridine rings is 1. The fraction of sp³-hybridized carbons (Fsp3) is 0.250. The number of rotatable bonds is 12. The Labute approximate surface area is 270 Å². The third-order valence-electron chi connectivity index (χ3n) is 8.25. The zero-order valence-corrected chi connectivity index (χ0v) is 25.8. The molecule has 4 N–H and O–H groups in total. The highest BCUT2D eigenvalue weighted by molar-refractivity contribution is 5.78. The van der Waals surface area contributed by atoms with Crippen molar-refractivity contribution >= 4 is 11.6 Å². The van der Waals surface area contributed by atoms with Gasteiger partial charge in [-0.05, 0) is 71.1 Å². The lowest BCUT2D eigenvalue weighted by atomic mass is 9.88. The maximum absolute atomic E-state index is 13.7. The summed E-state index contributed by atoms with van der Waals surface area (Å²) in [6, 6.07) is 20.8. The smallest absolute Gasteiger partial charge is 0.265 e. The molecule has 6 rings (SSSR count). The van der Waals surface area contributed by atoms with Crippen LogP contribution < -0.4 is 25.1 Å². The quantitative estimate of drug-likeness (QED) is 0.147. The number of hydrogen-bond donors (Lipinski definition) is 4. The van der Waals surface area contributed by atoms with Crippen LogP contribution in [-0.2, 0) is 24.1 Å². The van der Waals surface area contributed by atoms with Gasteiger partial charge in [0, 0.05) is 37.9 Å². The average molecular weight is 638 g/mol. The van der Waals surface area contributed by atoms with Gasteiger partial charge in [0.2, 0.25) is 11.8 Å². The molecule has 0 bridgehead atoms. The Kier molecular flexibility index (Phi) is 9.14. The van der Waals surface area contributed by atoms with E-state index >= 15 is 0 Å². The Hall–Kier alpha value is -5.71. The van der Waals surface area contributed by atoms with Gasteiger partial charge in [0.25, 0.3) is 5.56 Å². The number of benzene rings is 3. The average Bonchev–Trinajstić information content (AvgIpc) is 3.54. The Morgan fingerprint density at radius 1 is 0.979 bits per heavy atom. The van der Waals surface area contributed by atoms with Gasteiger partial charge in [-0.3, -0.25) is 14.0 Å². The summed E-state index contributed by atoms with van der Waals surface area (Å²) in [5, 5.41) is 33.2. The molecule has 11 nitrogen and oxygen atoms in total. The number of carbonyl (C=O) groups is 1. The molecule has 242 valence electrons. The summed E-state index contributed by atoms with van der Waals surface area (Å²) in [5.41, 5.74) is 3.36. The number of fused-ring (bicyclic) bond motifs is 2. The van der Waals surface area contributed by atoms with Crippen molar-refractivity contribution in [2.75, 3.05) is 26.9 Å². The summed E-state index contributed by atoms with van der Waals surface area (Å²) in [4.78, 5) is 31.2. The number of methoxy groups -OCH3 is 1. The standard InChI is InChI=1S/C36H35N3O8/c1-45-31-20-24(7-10-30(31)47-16-12-23-6-9-29-25(18-23)13-17-46-29)26(34-35(43)38-32-4-2-3-15-39(32)36(34)44)21-33(42)37-14-11-22-5-8-27(40)28(41)19-22/h2-10,15,18-20,26,40-41,43H,11-14,16-17,21H2,1H3,(H,37,42)/t26-/m0/s1. The van der Waals surface area contributed by atoms with Crippen LogP contribution in [0, 0.1) is 0 Å². The minimum Gasteiger partial charge on any atom is -0.504 e. The van der Waals surface area contributed by atoms with Crippen LogP contribution in [-0.4, -0.2) is 57.5 Å². The highest BCUT2D eigenvalue weighted by Gasteiger charge is 2.27. The van der Waals surface area contributed by atoms with Crippen LogP contribution in [0.3, 0.4) is 0 Å². The fourth-order valence-corrected chi connectivity index (χ4v) is 5.81. The van der Waals surface area contributed by atoms with Crippen LogP contribution in [0.4, 0.5) is 0 Å². The molecule has 0 aliphatic carbocycles. The van der Waals surface area contributed by atoms with E-state index in [0.717, 1.165) is 23.3 Å². The lowest BCUT2D eigenvalue weighted by Crippen LogP contribution is -2.30. The molecular weight excluding hydrogens is 602 g/mol. The predicted molar refractivity (Wildman–Crippen MR) is 174 cm³/mol. The number of amides is 1. The molecule has 0 saturated heterocycles. The molecule has 3 heterocycles. The van der Waals surface area contributed by atoms with E-state index in [2.05, 4.69) is 16.4 Å². The van der Waals surface area contributed by atoms with E-state index in [1.807, 2.05) is 12.1 Å². The third kappa shape index (κ3) is 6.94. The minimum atomic E-state index is -0.874. The molecule has 3 aromatic carbocycles. The third-order valence-corrected chi connectivity index (χ3v) is 8.25. The van der Waals surface area contributed by atoms with Crippen molar-refractivity contribution in [2.45, 2.75) is 31.6 Å². The van der Waals surface area contributed by atoms with Gasteiger partial charge in [-0.25, -0.2) is 0 Å².